The molecule has 1 fully saturated rings. The van der Waals surface area contributed by atoms with E-state index in [4.69, 9.17) is 13.9 Å². The van der Waals surface area contributed by atoms with E-state index in [1.165, 1.54) is 12.1 Å². The summed E-state index contributed by atoms with van der Waals surface area (Å²) in [5.74, 6) is -0.293. The lowest BCUT2D eigenvalue weighted by atomic mass is 9.96. The Morgan fingerprint density at radius 3 is 2.50 bits per heavy atom. The van der Waals surface area contributed by atoms with Crippen LogP contribution in [-0.2, 0) is 19.1 Å². The third-order valence-corrected chi connectivity index (χ3v) is 5.06. The highest BCUT2D eigenvalue weighted by Crippen LogP contribution is 2.23. The highest BCUT2D eigenvalue weighted by atomic mass is 16.5. The fourth-order valence-corrected chi connectivity index (χ4v) is 3.55. The average molecular weight is 414 g/mol. The molecule has 1 heterocycles. The van der Waals surface area contributed by atoms with Crippen LogP contribution in [0.2, 0.25) is 0 Å². The average Bonchev–Trinajstić information content (AvgIpc) is 2.77. The van der Waals surface area contributed by atoms with Gasteiger partial charge in [-0.1, -0.05) is 31.4 Å². The molecule has 1 saturated carbocycles. The quantitative estimate of drug-likeness (QED) is 0.416. The van der Waals surface area contributed by atoms with E-state index in [0.29, 0.717) is 0 Å². The molecule has 0 N–H and O–H groups in total. The van der Waals surface area contributed by atoms with Gasteiger partial charge in [0.1, 0.15) is 5.57 Å². The Balaban J connectivity index is 2.27. The highest BCUT2D eigenvalue weighted by Gasteiger charge is 2.35. The number of ether oxygens (including phenoxy) is 2. The number of aliphatic imine (C=N–C) groups is 1. The van der Waals surface area contributed by atoms with Gasteiger partial charge in [-0.25, -0.2) is 24.2 Å². The first-order chi connectivity index (χ1) is 14.5. The van der Waals surface area contributed by atoms with Crippen molar-refractivity contribution in [2.24, 2.45) is 4.99 Å². The Bertz CT molecular complexity index is 1130. The fourth-order valence-electron chi connectivity index (χ4n) is 3.55. The Morgan fingerprint density at radius 2 is 1.83 bits per heavy atom. The summed E-state index contributed by atoms with van der Waals surface area (Å²) in [7, 11) is 2.26. The molecular formula is C21H22N2O7. The van der Waals surface area contributed by atoms with Crippen LogP contribution < -0.4 is 11.4 Å². The number of carbonyl (C=O) groups is 2. The van der Waals surface area contributed by atoms with Gasteiger partial charge < -0.3 is 13.9 Å². The van der Waals surface area contributed by atoms with E-state index in [1.807, 2.05) is 0 Å². The van der Waals surface area contributed by atoms with Crippen molar-refractivity contribution >= 4 is 28.7 Å². The predicted octanol–water partition coefficient (Wildman–Crippen LogP) is 1.77. The fraction of sp³-hybridized carbons (Fsp3) is 0.429. The van der Waals surface area contributed by atoms with E-state index in [2.05, 4.69) is 10.9 Å². The molecule has 1 aromatic carbocycles. The molecule has 1 aromatic heterocycles. The van der Waals surface area contributed by atoms with E-state index < -0.39 is 29.4 Å². The summed E-state index contributed by atoms with van der Waals surface area (Å²) in [6, 6.07) is 4.46. The van der Waals surface area contributed by atoms with Crippen molar-refractivity contribution in [2.75, 3.05) is 14.2 Å². The topological polar surface area (TPSA) is 117 Å². The number of hydrogen-bond acceptors (Lipinski definition) is 8. The normalized spacial score (nSPS) is 15.1. The maximum Gasteiger partial charge on any atom is 0.423 e. The predicted molar refractivity (Wildman–Crippen MR) is 108 cm³/mol. The van der Waals surface area contributed by atoms with Crippen LogP contribution >= 0.6 is 0 Å². The van der Waals surface area contributed by atoms with Crippen molar-refractivity contribution in [3.63, 3.8) is 0 Å². The summed E-state index contributed by atoms with van der Waals surface area (Å²) in [6.45, 7) is 0. The maximum atomic E-state index is 12.7. The number of methoxy groups -OCH3 is 2. The van der Waals surface area contributed by atoms with Crippen molar-refractivity contribution in [2.45, 2.75) is 44.2 Å². The van der Waals surface area contributed by atoms with E-state index in [-0.39, 0.29) is 22.5 Å². The number of aromatic nitrogens is 1. The molecule has 1 unspecified atom stereocenters. The van der Waals surface area contributed by atoms with Crippen LogP contribution in [0.25, 0.3) is 10.9 Å². The third kappa shape index (κ3) is 4.26. The van der Waals surface area contributed by atoms with Crippen molar-refractivity contribution in [1.29, 1.82) is 0 Å². The molecule has 3 rings (SSSR count). The zero-order chi connectivity index (χ0) is 21.7. The van der Waals surface area contributed by atoms with Crippen LogP contribution in [-0.4, -0.2) is 42.6 Å². The van der Waals surface area contributed by atoms with Crippen LogP contribution in [0.1, 0.15) is 38.1 Å². The molecule has 2 aromatic rings. The lowest BCUT2D eigenvalue weighted by Gasteiger charge is -2.19. The summed E-state index contributed by atoms with van der Waals surface area (Å²) in [4.78, 5) is 54.2. The maximum absolute atomic E-state index is 12.7. The first kappa shape index (κ1) is 21.3. The van der Waals surface area contributed by atoms with E-state index in [9.17, 15) is 19.2 Å². The molecule has 0 spiro atoms. The van der Waals surface area contributed by atoms with Crippen LogP contribution in [0.4, 0.5) is 0 Å². The van der Waals surface area contributed by atoms with E-state index in [0.717, 1.165) is 50.9 Å². The number of carbonyl (C=O) groups excluding carboxylic acids is 2. The van der Waals surface area contributed by atoms with Crippen LogP contribution in [0.5, 0.6) is 0 Å². The second-order valence-corrected chi connectivity index (χ2v) is 6.91. The number of nitrogens with zero attached hydrogens (tertiary/aromatic N) is 2. The summed E-state index contributed by atoms with van der Waals surface area (Å²) in [5.41, 5.74) is -1.05. The number of para-hydroxylation sites is 1. The monoisotopic (exact) mass is 414 g/mol. The number of fused-ring (bicyclic) bond motifs is 1. The molecule has 158 valence electrons. The number of benzene rings is 1. The van der Waals surface area contributed by atoms with Gasteiger partial charge in [-0.05, 0) is 30.8 Å². The largest absolute Gasteiger partial charge is 0.467 e. The van der Waals surface area contributed by atoms with Gasteiger partial charge in [0.25, 0.3) is 0 Å². The summed E-state index contributed by atoms with van der Waals surface area (Å²) >= 11 is 0. The second kappa shape index (κ2) is 9.37. The van der Waals surface area contributed by atoms with Gasteiger partial charge in [0.05, 0.1) is 31.2 Å². The van der Waals surface area contributed by atoms with Gasteiger partial charge in [-0.2, -0.15) is 0 Å². The summed E-state index contributed by atoms with van der Waals surface area (Å²) in [6.07, 6.45) is 4.82. The molecule has 0 radical (unpaired) electrons. The first-order valence-electron chi connectivity index (χ1n) is 9.61. The summed E-state index contributed by atoms with van der Waals surface area (Å²) in [5, 5.41) is 0.0689. The van der Waals surface area contributed by atoms with Crippen molar-refractivity contribution in [3.05, 3.63) is 50.8 Å². The smallest absolute Gasteiger partial charge is 0.423 e. The van der Waals surface area contributed by atoms with Crippen molar-refractivity contribution in [3.8, 4) is 0 Å². The molecule has 1 atom stereocenters. The molecule has 0 bridgehead atoms. The molecule has 9 nitrogen and oxygen atoms in total. The van der Waals surface area contributed by atoms with Gasteiger partial charge in [-0.3, -0.25) is 4.57 Å². The molecule has 0 saturated heterocycles. The Labute approximate surface area is 171 Å². The van der Waals surface area contributed by atoms with Crippen LogP contribution in [0.15, 0.2) is 48.8 Å². The molecule has 0 amide bonds. The standard InChI is InChI=1S/C21H22N2O7/c1-28-18(24)15(12-22-13-8-4-3-5-9-13)17(20(26)29-2)23-16-11-7-6-10-14(16)19(25)30-21(23)27/h6-7,10-11,13,17H,3-5,8-9H2,1-2H3. The Morgan fingerprint density at radius 1 is 1.13 bits per heavy atom. The van der Waals surface area contributed by atoms with E-state index in [1.54, 1.807) is 12.1 Å². The highest BCUT2D eigenvalue weighted by molar-refractivity contribution is 6.04. The Hall–Kier alpha value is -3.45. The van der Waals surface area contributed by atoms with Gasteiger partial charge in [0.2, 0.25) is 0 Å². The number of hydrogen-bond donors (Lipinski definition) is 0. The second-order valence-electron chi connectivity index (χ2n) is 6.91. The molecule has 0 aliphatic heterocycles. The third-order valence-electron chi connectivity index (χ3n) is 5.06. The van der Waals surface area contributed by atoms with Crippen LogP contribution in [0.3, 0.4) is 0 Å². The van der Waals surface area contributed by atoms with E-state index >= 15 is 0 Å². The van der Waals surface area contributed by atoms with Gasteiger partial charge in [-0.15, -0.1) is 0 Å². The number of rotatable bonds is 5. The van der Waals surface area contributed by atoms with Gasteiger partial charge >= 0.3 is 23.3 Å². The lowest BCUT2D eigenvalue weighted by molar-refractivity contribution is -0.146. The molecule has 1 aliphatic carbocycles. The SMILES string of the molecule is COC(=O)C(=C=NC1CCCCC1)C(C(=O)OC)n1c(=O)oc(=O)c2ccccc21. The lowest BCUT2D eigenvalue weighted by Crippen LogP contribution is -2.36. The minimum absolute atomic E-state index is 0.0427. The number of esters is 2. The molecule has 1 aliphatic rings. The minimum Gasteiger partial charge on any atom is -0.467 e. The molecule has 30 heavy (non-hydrogen) atoms. The van der Waals surface area contributed by atoms with Crippen molar-refractivity contribution < 1.29 is 23.5 Å². The molecular weight excluding hydrogens is 392 g/mol. The van der Waals surface area contributed by atoms with Crippen molar-refractivity contribution in [1.82, 2.24) is 4.57 Å². The van der Waals surface area contributed by atoms with Crippen LogP contribution in [0, 0.1) is 0 Å². The summed E-state index contributed by atoms with van der Waals surface area (Å²) < 4.78 is 15.3. The van der Waals surface area contributed by atoms with Gasteiger partial charge in [0.15, 0.2) is 6.04 Å². The molecule has 9 heteroatoms. The zero-order valence-electron chi connectivity index (χ0n) is 16.8. The zero-order valence-corrected chi connectivity index (χ0v) is 16.8. The Kier molecular flexibility index (Phi) is 6.64. The van der Waals surface area contributed by atoms with Gasteiger partial charge in [0, 0.05) is 0 Å². The first-order valence-corrected chi connectivity index (χ1v) is 9.61. The minimum atomic E-state index is -1.59.